The number of alkyl halides is 3. The van der Waals surface area contributed by atoms with E-state index in [1.54, 1.807) is 4.57 Å². The van der Waals surface area contributed by atoms with E-state index in [0.29, 0.717) is 43.7 Å². The molecule has 6 nitrogen and oxygen atoms in total. The van der Waals surface area contributed by atoms with Crippen molar-refractivity contribution < 1.29 is 18.0 Å². The van der Waals surface area contributed by atoms with Crippen molar-refractivity contribution in [3.8, 4) is 0 Å². The maximum atomic E-state index is 12.6. The van der Waals surface area contributed by atoms with Gasteiger partial charge in [-0.25, -0.2) is 9.48 Å². The number of hydrogen-bond donors (Lipinski definition) is 1. The average molecular weight is 382 g/mol. The van der Waals surface area contributed by atoms with Crippen LogP contribution in [0.2, 0.25) is 0 Å². The third kappa shape index (κ3) is 4.23. The van der Waals surface area contributed by atoms with Crippen molar-refractivity contribution in [1.82, 2.24) is 19.7 Å². The molecule has 0 aliphatic carbocycles. The predicted octanol–water partition coefficient (Wildman–Crippen LogP) is 2.35. The molecule has 0 fully saturated rings. The molecule has 2 heterocycles. The van der Waals surface area contributed by atoms with Crippen LogP contribution in [0.15, 0.2) is 29.1 Å². The fourth-order valence-corrected chi connectivity index (χ4v) is 3.24. The van der Waals surface area contributed by atoms with Gasteiger partial charge in [0.2, 0.25) is 5.91 Å². The Morgan fingerprint density at radius 1 is 1.26 bits per heavy atom. The number of aromatic nitrogens is 3. The van der Waals surface area contributed by atoms with Gasteiger partial charge < -0.3 is 5.32 Å². The molecule has 1 amide bonds. The van der Waals surface area contributed by atoms with E-state index in [1.807, 2.05) is 6.92 Å². The Morgan fingerprint density at radius 2 is 1.96 bits per heavy atom. The smallest absolute Gasteiger partial charge is 0.352 e. The first-order valence-corrected chi connectivity index (χ1v) is 8.90. The highest BCUT2D eigenvalue weighted by atomic mass is 19.4. The predicted molar refractivity (Wildman–Crippen MR) is 91.9 cm³/mol. The molecule has 3 rings (SSSR count). The fourth-order valence-electron chi connectivity index (χ4n) is 3.24. The van der Waals surface area contributed by atoms with Gasteiger partial charge in [0.25, 0.3) is 0 Å². The molecule has 1 aliphatic rings. The lowest BCUT2D eigenvalue weighted by Gasteiger charge is -2.14. The Bertz CT molecular complexity index is 868. The number of fused-ring (bicyclic) bond motifs is 1. The van der Waals surface area contributed by atoms with Gasteiger partial charge in [-0.15, -0.1) is 0 Å². The standard InChI is InChI=1S/C18H21F3N4O2/c1-2-25-17(27)24-10-9-13(5-8-15(24)23-25)16(26)22-11-12-3-6-14(7-4-12)18(19,20)21/h3-4,6-7,13H,2,5,8-11H2,1H3,(H,22,26). The maximum Gasteiger partial charge on any atom is 0.416 e. The van der Waals surface area contributed by atoms with Gasteiger partial charge in [0.15, 0.2) is 0 Å². The highest BCUT2D eigenvalue weighted by Crippen LogP contribution is 2.29. The average Bonchev–Trinajstić information content (AvgIpc) is 2.80. The fraction of sp³-hybridized carbons (Fsp3) is 0.500. The normalized spacial score (nSPS) is 17.3. The molecule has 9 heteroatoms. The van der Waals surface area contributed by atoms with Crippen LogP contribution in [0.1, 0.15) is 36.7 Å². The summed E-state index contributed by atoms with van der Waals surface area (Å²) in [5, 5.41) is 7.07. The van der Waals surface area contributed by atoms with E-state index in [4.69, 9.17) is 0 Å². The molecule has 1 atom stereocenters. The van der Waals surface area contributed by atoms with E-state index in [0.717, 1.165) is 12.1 Å². The molecule has 1 N–H and O–H groups in total. The number of halogens is 3. The Labute approximate surface area is 154 Å². The van der Waals surface area contributed by atoms with E-state index in [2.05, 4.69) is 10.4 Å². The number of amides is 1. The van der Waals surface area contributed by atoms with Gasteiger partial charge in [-0.05, 0) is 37.5 Å². The second kappa shape index (κ2) is 7.58. The monoisotopic (exact) mass is 382 g/mol. The van der Waals surface area contributed by atoms with Gasteiger partial charge in [-0.2, -0.15) is 18.3 Å². The topological polar surface area (TPSA) is 68.9 Å². The Hall–Kier alpha value is -2.58. The van der Waals surface area contributed by atoms with E-state index in [1.165, 1.54) is 16.8 Å². The summed E-state index contributed by atoms with van der Waals surface area (Å²) in [6.07, 6.45) is -2.72. The van der Waals surface area contributed by atoms with Crippen molar-refractivity contribution in [2.24, 2.45) is 5.92 Å². The zero-order valence-electron chi connectivity index (χ0n) is 14.9. The number of benzene rings is 1. The van der Waals surface area contributed by atoms with Crippen molar-refractivity contribution in [3.05, 3.63) is 51.7 Å². The quantitative estimate of drug-likeness (QED) is 0.883. The van der Waals surface area contributed by atoms with Crippen molar-refractivity contribution in [3.63, 3.8) is 0 Å². The molecule has 27 heavy (non-hydrogen) atoms. The Balaban J connectivity index is 1.57. The molecule has 0 bridgehead atoms. The number of nitrogens with zero attached hydrogens (tertiary/aromatic N) is 3. The Kier molecular flexibility index (Phi) is 5.38. The van der Waals surface area contributed by atoms with Crippen LogP contribution in [-0.4, -0.2) is 20.3 Å². The largest absolute Gasteiger partial charge is 0.416 e. The van der Waals surface area contributed by atoms with Crippen LogP contribution < -0.4 is 11.0 Å². The number of carbonyl (C=O) groups is 1. The lowest BCUT2D eigenvalue weighted by atomic mass is 9.99. The number of aryl methyl sites for hydroxylation is 2. The van der Waals surface area contributed by atoms with Gasteiger partial charge in [0, 0.05) is 32.0 Å². The molecule has 1 aromatic carbocycles. The first-order valence-electron chi connectivity index (χ1n) is 8.90. The van der Waals surface area contributed by atoms with Crippen molar-refractivity contribution in [1.29, 1.82) is 0 Å². The minimum atomic E-state index is -4.37. The number of rotatable bonds is 4. The highest BCUT2D eigenvalue weighted by Gasteiger charge is 2.30. The van der Waals surface area contributed by atoms with E-state index >= 15 is 0 Å². The summed E-state index contributed by atoms with van der Waals surface area (Å²) in [5.41, 5.74) is -0.268. The molecular formula is C18H21F3N4O2. The summed E-state index contributed by atoms with van der Waals surface area (Å²) < 4.78 is 40.8. The van der Waals surface area contributed by atoms with Crippen LogP contribution in [-0.2, 0) is 37.0 Å². The lowest BCUT2D eigenvalue weighted by molar-refractivity contribution is -0.137. The van der Waals surface area contributed by atoms with E-state index in [-0.39, 0.29) is 24.1 Å². The second-order valence-electron chi connectivity index (χ2n) is 6.60. The van der Waals surface area contributed by atoms with Crippen LogP contribution in [0.5, 0.6) is 0 Å². The maximum absolute atomic E-state index is 12.6. The summed E-state index contributed by atoms with van der Waals surface area (Å²) in [4.78, 5) is 24.6. The summed E-state index contributed by atoms with van der Waals surface area (Å²) in [6, 6.07) is 4.73. The molecular weight excluding hydrogens is 361 g/mol. The van der Waals surface area contributed by atoms with Crippen LogP contribution in [0.25, 0.3) is 0 Å². The zero-order valence-corrected chi connectivity index (χ0v) is 14.9. The summed E-state index contributed by atoms with van der Waals surface area (Å²) >= 11 is 0. The van der Waals surface area contributed by atoms with Crippen LogP contribution >= 0.6 is 0 Å². The van der Waals surface area contributed by atoms with Gasteiger partial charge in [0.05, 0.1) is 5.56 Å². The molecule has 0 saturated heterocycles. The molecule has 146 valence electrons. The summed E-state index contributed by atoms with van der Waals surface area (Å²) in [6.45, 7) is 2.97. The first-order chi connectivity index (χ1) is 12.8. The summed E-state index contributed by atoms with van der Waals surface area (Å²) in [7, 11) is 0. The molecule has 1 unspecified atom stereocenters. The molecule has 0 radical (unpaired) electrons. The molecule has 0 saturated carbocycles. The number of nitrogens with one attached hydrogen (secondary N) is 1. The number of hydrogen-bond acceptors (Lipinski definition) is 3. The van der Waals surface area contributed by atoms with E-state index in [9.17, 15) is 22.8 Å². The zero-order chi connectivity index (χ0) is 19.6. The van der Waals surface area contributed by atoms with Crippen molar-refractivity contribution in [2.75, 3.05) is 0 Å². The SMILES string of the molecule is CCn1nc2n(c1=O)CCC(C(=O)NCc1ccc(C(F)(F)F)cc1)CC2. The van der Waals surface area contributed by atoms with Crippen LogP contribution in [0.3, 0.4) is 0 Å². The first kappa shape index (κ1) is 19.2. The minimum absolute atomic E-state index is 0.154. The molecule has 0 spiro atoms. The Morgan fingerprint density at radius 3 is 2.59 bits per heavy atom. The van der Waals surface area contributed by atoms with Gasteiger partial charge in [-0.1, -0.05) is 12.1 Å². The third-order valence-electron chi connectivity index (χ3n) is 4.84. The lowest BCUT2D eigenvalue weighted by Crippen LogP contribution is -2.31. The molecule has 2 aromatic rings. The van der Waals surface area contributed by atoms with Gasteiger partial charge in [0.1, 0.15) is 5.82 Å². The van der Waals surface area contributed by atoms with Crippen molar-refractivity contribution in [2.45, 2.75) is 52.0 Å². The van der Waals surface area contributed by atoms with Crippen LogP contribution in [0, 0.1) is 5.92 Å². The van der Waals surface area contributed by atoms with Gasteiger partial charge in [-0.3, -0.25) is 9.36 Å². The third-order valence-corrected chi connectivity index (χ3v) is 4.84. The van der Waals surface area contributed by atoms with Crippen LogP contribution in [0.4, 0.5) is 13.2 Å². The second-order valence-corrected chi connectivity index (χ2v) is 6.60. The number of carbonyl (C=O) groups excluding carboxylic acids is 1. The van der Waals surface area contributed by atoms with Gasteiger partial charge >= 0.3 is 11.9 Å². The molecule has 1 aromatic heterocycles. The van der Waals surface area contributed by atoms with Crippen molar-refractivity contribution >= 4 is 5.91 Å². The molecule has 1 aliphatic heterocycles. The van der Waals surface area contributed by atoms with E-state index < -0.39 is 11.7 Å². The highest BCUT2D eigenvalue weighted by molar-refractivity contribution is 5.78. The minimum Gasteiger partial charge on any atom is -0.352 e. The summed E-state index contributed by atoms with van der Waals surface area (Å²) in [5.74, 6) is 0.284.